The van der Waals surface area contributed by atoms with Gasteiger partial charge < -0.3 is 14.8 Å². The fourth-order valence-corrected chi connectivity index (χ4v) is 3.87. The Morgan fingerprint density at radius 3 is 2.72 bits per heavy atom. The van der Waals surface area contributed by atoms with Gasteiger partial charge in [0.1, 0.15) is 5.82 Å². The number of guanidine groups is 1. The largest absolute Gasteiger partial charge is 0.357 e. The van der Waals surface area contributed by atoms with Crippen LogP contribution in [0.25, 0.3) is 0 Å². The third-order valence-electron chi connectivity index (χ3n) is 5.29. The molecule has 1 aliphatic rings. The number of aliphatic imine (C=N–C) groups is 1. The molecule has 0 saturated carbocycles. The van der Waals surface area contributed by atoms with Crippen LogP contribution in [0.3, 0.4) is 0 Å². The van der Waals surface area contributed by atoms with Crippen LogP contribution in [-0.2, 0) is 13.1 Å². The molecular formula is C22H33ClN6. The number of piperazine rings is 1. The maximum atomic E-state index is 6.11. The Morgan fingerprint density at radius 2 is 2.03 bits per heavy atom. The normalized spacial score (nSPS) is 15.7. The number of aromatic nitrogens is 2. The number of aryl methyl sites for hydroxylation is 2. The number of rotatable bonds is 8. The van der Waals surface area contributed by atoms with Crippen molar-refractivity contribution in [2.75, 3.05) is 39.3 Å². The van der Waals surface area contributed by atoms with Crippen LogP contribution in [0.5, 0.6) is 0 Å². The van der Waals surface area contributed by atoms with E-state index in [4.69, 9.17) is 16.6 Å². The Bertz CT molecular complexity index is 779. The van der Waals surface area contributed by atoms with Gasteiger partial charge in [-0.3, -0.25) is 9.89 Å². The molecule has 3 rings (SSSR count). The molecule has 0 amide bonds. The average molecular weight is 417 g/mol. The number of nitrogens with one attached hydrogen (secondary N) is 1. The Kier molecular flexibility index (Phi) is 8.38. The molecule has 158 valence electrons. The minimum atomic E-state index is 0.811. The van der Waals surface area contributed by atoms with Crippen LogP contribution in [0, 0.1) is 6.92 Å². The van der Waals surface area contributed by atoms with Crippen molar-refractivity contribution < 1.29 is 0 Å². The van der Waals surface area contributed by atoms with Crippen molar-refractivity contribution in [2.24, 2.45) is 4.99 Å². The van der Waals surface area contributed by atoms with E-state index < -0.39 is 0 Å². The highest BCUT2D eigenvalue weighted by Crippen LogP contribution is 2.14. The summed E-state index contributed by atoms with van der Waals surface area (Å²) in [6.07, 6.45) is 6.11. The quantitative estimate of drug-likeness (QED) is 0.407. The zero-order valence-corrected chi connectivity index (χ0v) is 18.4. The van der Waals surface area contributed by atoms with Crippen LogP contribution < -0.4 is 5.32 Å². The van der Waals surface area contributed by atoms with Gasteiger partial charge in [0, 0.05) is 69.8 Å². The molecule has 6 nitrogen and oxygen atoms in total. The van der Waals surface area contributed by atoms with E-state index in [1.54, 1.807) is 0 Å². The Labute approximate surface area is 179 Å². The fraction of sp³-hybridized carbons (Fsp3) is 0.545. The topological polar surface area (TPSA) is 48.7 Å². The lowest BCUT2D eigenvalue weighted by molar-refractivity contribution is 0.172. The first-order valence-corrected chi connectivity index (χ1v) is 11.0. The summed E-state index contributed by atoms with van der Waals surface area (Å²) >= 11 is 6.11. The van der Waals surface area contributed by atoms with E-state index in [9.17, 15) is 0 Å². The molecule has 1 fully saturated rings. The van der Waals surface area contributed by atoms with Gasteiger partial charge in [-0.05, 0) is 44.4 Å². The molecule has 1 aromatic heterocycles. The van der Waals surface area contributed by atoms with Crippen molar-refractivity contribution in [3.05, 3.63) is 53.1 Å². The number of benzene rings is 1. The van der Waals surface area contributed by atoms with Crippen molar-refractivity contribution in [1.82, 2.24) is 24.7 Å². The summed E-state index contributed by atoms with van der Waals surface area (Å²) in [6.45, 7) is 12.0. The van der Waals surface area contributed by atoms with E-state index in [0.29, 0.717) is 0 Å². The highest BCUT2D eigenvalue weighted by atomic mass is 35.5. The lowest BCUT2D eigenvalue weighted by Crippen LogP contribution is -2.52. The maximum Gasteiger partial charge on any atom is 0.194 e. The van der Waals surface area contributed by atoms with E-state index >= 15 is 0 Å². The molecule has 0 atom stereocenters. The van der Waals surface area contributed by atoms with Crippen LogP contribution in [0.2, 0.25) is 5.02 Å². The van der Waals surface area contributed by atoms with Gasteiger partial charge in [0.25, 0.3) is 0 Å². The Balaban J connectivity index is 1.43. The number of nitrogens with zero attached hydrogens (tertiary/aromatic N) is 5. The summed E-state index contributed by atoms with van der Waals surface area (Å²) in [5, 5.41) is 4.27. The summed E-state index contributed by atoms with van der Waals surface area (Å²) in [4.78, 5) is 14.0. The van der Waals surface area contributed by atoms with Gasteiger partial charge in [-0.15, -0.1) is 0 Å². The molecule has 1 aliphatic heterocycles. The van der Waals surface area contributed by atoms with Gasteiger partial charge in [-0.2, -0.15) is 0 Å². The molecule has 0 spiro atoms. The number of hydrogen-bond donors (Lipinski definition) is 1. The molecule has 1 saturated heterocycles. The van der Waals surface area contributed by atoms with Gasteiger partial charge >= 0.3 is 0 Å². The third kappa shape index (κ3) is 6.75. The summed E-state index contributed by atoms with van der Waals surface area (Å²) in [6, 6.07) is 8.16. The minimum absolute atomic E-state index is 0.811. The van der Waals surface area contributed by atoms with Crippen molar-refractivity contribution in [1.29, 1.82) is 0 Å². The predicted octanol–water partition coefficient (Wildman–Crippen LogP) is 3.41. The monoisotopic (exact) mass is 416 g/mol. The second kappa shape index (κ2) is 11.2. The predicted molar refractivity (Wildman–Crippen MR) is 120 cm³/mol. The molecule has 0 aliphatic carbocycles. The number of unbranched alkanes of at least 4 members (excludes halogenated alkanes) is 1. The summed E-state index contributed by atoms with van der Waals surface area (Å²) in [5.74, 6) is 2.13. The molecule has 2 aromatic rings. The SMILES string of the molecule is CCNC(=NCCCCn1ccnc1C)N1CCN(Cc2cccc(Cl)c2)CC1. The first-order chi connectivity index (χ1) is 14.2. The van der Waals surface area contributed by atoms with Crippen LogP contribution in [-0.4, -0.2) is 64.6 Å². The van der Waals surface area contributed by atoms with Gasteiger partial charge in [-0.1, -0.05) is 23.7 Å². The number of halogens is 1. The maximum absolute atomic E-state index is 6.11. The zero-order chi connectivity index (χ0) is 20.5. The van der Waals surface area contributed by atoms with Crippen molar-refractivity contribution in [3.8, 4) is 0 Å². The fourth-order valence-electron chi connectivity index (χ4n) is 3.66. The smallest absolute Gasteiger partial charge is 0.194 e. The lowest BCUT2D eigenvalue weighted by Gasteiger charge is -2.36. The highest BCUT2D eigenvalue weighted by Gasteiger charge is 2.19. The second-order valence-electron chi connectivity index (χ2n) is 7.50. The Morgan fingerprint density at radius 1 is 1.21 bits per heavy atom. The van der Waals surface area contributed by atoms with Gasteiger partial charge in [0.2, 0.25) is 0 Å². The summed E-state index contributed by atoms with van der Waals surface area (Å²) in [7, 11) is 0. The Hall–Kier alpha value is -2.05. The van der Waals surface area contributed by atoms with Gasteiger partial charge in [-0.25, -0.2) is 4.98 Å². The third-order valence-corrected chi connectivity index (χ3v) is 5.53. The zero-order valence-electron chi connectivity index (χ0n) is 17.6. The molecular weight excluding hydrogens is 384 g/mol. The van der Waals surface area contributed by atoms with E-state index in [2.05, 4.69) is 43.7 Å². The van der Waals surface area contributed by atoms with Crippen LogP contribution in [0.15, 0.2) is 41.7 Å². The first-order valence-electron chi connectivity index (χ1n) is 10.6. The van der Waals surface area contributed by atoms with E-state index in [1.165, 1.54) is 5.56 Å². The molecule has 29 heavy (non-hydrogen) atoms. The van der Waals surface area contributed by atoms with Crippen molar-refractivity contribution in [2.45, 2.75) is 39.8 Å². The molecule has 0 bridgehead atoms. The molecule has 1 aromatic carbocycles. The van der Waals surface area contributed by atoms with Gasteiger partial charge in [0.15, 0.2) is 5.96 Å². The molecule has 2 heterocycles. The van der Waals surface area contributed by atoms with Crippen LogP contribution in [0.4, 0.5) is 0 Å². The number of imidazole rings is 1. The van der Waals surface area contributed by atoms with Crippen LogP contribution >= 0.6 is 11.6 Å². The van der Waals surface area contributed by atoms with E-state index in [-0.39, 0.29) is 0 Å². The summed E-state index contributed by atoms with van der Waals surface area (Å²) < 4.78 is 2.20. The number of hydrogen-bond acceptors (Lipinski definition) is 3. The molecule has 1 N–H and O–H groups in total. The van der Waals surface area contributed by atoms with Crippen molar-refractivity contribution >= 4 is 17.6 Å². The molecule has 7 heteroatoms. The second-order valence-corrected chi connectivity index (χ2v) is 7.94. The minimum Gasteiger partial charge on any atom is -0.357 e. The lowest BCUT2D eigenvalue weighted by atomic mass is 10.2. The first kappa shape index (κ1) is 21.7. The molecule has 0 unspecified atom stereocenters. The average Bonchev–Trinajstić information content (AvgIpc) is 3.12. The van der Waals surface area contributed by atoms with Crippen molar-refractivity contribution in [3.63, 3.8) is 0 Å². The molecule has 0 radical (unpaired) electrons. The highest BCUT2D eigenvalue weighted by molar-refractivity contribution is 6.30. The van der Waals surface area contributed by atoms with E-state index in [1.807, 2.05) is 31.5 Å². The van der Waals surface area contributed by atoms with Gasteiger partial charge in [0.05, 0.1) is 0 Å². The summed E-state index contributed by atoms with van der Waals surface area (Å²) in [5.41, 5.74) is 1.28. The standard InChI is InChI=1S/C22H33ClN6/c1-3-24-22(26-9-4-5-11-28-12-10-25-19(28)2)29-15-13-27(14-16-29)18-20-7-6-8-21(23)17-20/h6-8,10,12,17H,3-5,9,11,13-16,18H2,1-2H3,(H,24,26). The van der Waals surface area contributed by atoms with Crippen LogP contribution in [0.1, 0.15) is 31.2 Å². The van der Waals surface area contributed by atoms with E-state index in [0.717, 1.165) is 82.0 Å².